The van der Waals surface area contributed by atoms with Gasteiger partial charge in [0.15, 0.2) is 0 Å². The van der Waals surface area contributed by atoms with Crippen LogP contribution in [0.4, 0.5) is 0 Å². The van der Waals surface area contributed by atoms with E-state index in [1.54, 1.807) is 56.3 Å². The van der Waals surface area contributed by atoms with Crippen molar-refractivity contribution in [3.63, 3.8) is 0 Å². The molecule has 1 aromatic rings. The molecule has 2 N–H and O–H groups in total. The number of carbonyl (C=O) groups excluding carboxylic acids is 1. The first-order valence-corrected chi connectivity index (χ1v) is 9.53. The van der Waals surface area contributed by atoms with Crippen molar-refractivity contribution in [1.82, 2.24) is 10.0 Å². The van der Waals surface area contributed by atoms with Crippen molar-refractivity contribution < 1.29 is 13.2 Å². The Kier molecular flexibility index (Phi) is 5.44. The van der Waals surface area contributed by atoms with Crippen molar-refractivity contribution in [3.05, 3.63) is 59.8 Å². The lowest BCUT2D eigenvalue weighted by molar-refractivity contribution is 0.0967. The molecule has 1 aliphatic rings. The lowest BCUT2D eigenvalue weighted by atomic mass is 10.1. The van der Waals surface area contributed by atoms with Gasteiger partial charge in [0, 0.05) is 17.7 Å². The third-order valence-corrected chi connectivity index (χ3v) is 6.31. The summed E-state index contributed by atoms with van der Waals surface area (Å²) in [6, 6.07) is 8.90. The van der Waals surface area contributed by atoms with Crippen molar-refractivity contribution >= 4 is 31.9 Å². The first kappa shape index (κ1) is 17.9. The Hall–Kier alpha value is -1.44. The number of hydrogen-bond acceptors (Lipinski definition) is 3. The van der Waals surface area contributed by atoms with Gasteiger partial charge in [0.1, 0.15) is 4.45 Å². The highest BCUT2D eigenvalue weighted by molar-refractivity contribution is 9.10. The quantitative estimate of drug-likeness (QED) is 0.591. The Bertz CT molecular complexity index is 742. The number of benzene rings is 1. The predicted octanol–water partition coefficient (Wildman–Crippen LogP) is 2.68. The molecule has 0 fully saturated rings. The maximum Gasteiger partial charge on any atom is 0.255 e. The molecular formula is C16H19BrN2O3S. The topological polar surface area (TPSA) is 75.3 Å². The molecule has 2 rings (SSSR count). The average Bonchev–Trinajstić information content (AvgIpc) is 2.50. The van der Waals surface area contributed by atoms with Crippen molar-refractivity contribution in [2.45, 2.75) is 30.0 Å². The highest BCUT2D eigenvalue weighted by Crippen LogP contribution is 2.28. The molecule has 1 aromatic carbocycles. The zero-order chi connectivity index (χ0) is 17.1. The zero-order valence-electron chi connectivity index (χ0n) is 12.9. The minimum atomic E-state index is -3.40. The van der Waals surface area contributed by atoms with E-state index in [0.717, 1.165) is 0 Å². The standard InChI is InChI=1S/C16H19BrN2O3S/c1-12(2)23(21,22)19-16(17)10-8-14(9-11-16)18-15(20)13-6-4-3-5-7-13/h3-10,12,19H,11H2,1-2H3,(H,18,20). The van der Waals surface area contributed by atoms with Crippen LogP contribution in [0.15, 0.2) is 54.3 Å². The first-order chi connectivity index (χ1) is 10.7. The molecule has 0 radical (unpaired) electrons. The largest absolute Gasteiger partial charge is 0.322 e. The summed E-state index contributed by atoms with van der Waals surface area (Å²) in [5, 5.41) is 2.28. The Morgan fingerprint density at radius 2 is 1.91 bits per heavy atom. The molecule has 124 valence electrons. The van der Waals surface area contributed by atoms with Crippen LogP contribution in [-0.4, -0.2) is 24.0 Å². The summed E-state index contributed by atoms with van der Waals surface area (Å²) in [5.41, 5.74) is 1.20. The average molecular weight is 399 g/mol. The van der Waals surface area contributed by atoms with Crippen molar-refractivity contribution in [2.75, 3.05) is 0 Å². The molecule has 0 bridgehead atoms. The summed E-state index contributed by atoms with van der Waals surface area (Å²) in [6.07, 6.45) is 5.54. The van der Waals surface area contributed by atoms with Gasteiger partial charge in [-0.2, -0.15) is 4.72 Å². The van der Waals surface area contributed by atoms with E-state index in [4.69, 9.17) is 0 Å². The number of nitrogens with one attached hydrogen (secondary N) is 2. The molecule has 0 saturated heterocycles. The van der Waals surface area contributed by atoms with Crippen LogP contribution in [0.1, 0.15) is 30.6 Å². The summed E-state index contributed by atoms with van der Waals surface area (Å²) in [7, 11) is -3.40. The number of rotatable bonds is 5. The van der Waals surface area contributed by atoms with Crippen LogP contribution < -0.4 is 10.0 Å². The van der Waals surface area contributed by atoms with Crippen LogP contribution in [0.2, 0.25) is 0 Å². The van der Waals surface area contributed by atoms with E-state index in [-0.39, 0.29) is 5.91 Å². The van der Waals surface area contributed by atoms with Gasteiger partial charge < -0.3 is 5.32 Å². The van der Waals surface area contributed by atoms with E-state index in [1.807, 2.05) is 6.07 Å². The van der Waals surface area contributed by atoms with E-state index in [0.29, 0.717) is 17.7 Å². The second kappa shape index (κ2) is 6.98. The molecule has 1 atom stereocenters. The first-order valence-electron chi connectivity index (χ1n) is 7.19. The van der Waals surface area contributed by atoms with Gasteiger partial charge in [-0.05, 0) is 32.1 Å². The molecule has 7 heteroatoms. The number of carbonyl (C=O) groups is 1. The van der Waals surface area contributed by atoms with Crippen LogP contribution in [0.3, 0.4) is 0 Å². The van der Waals surface area contributed by atoms with E-state index in [9.17, 15) is 13.2 Å². The smallest absolute Gasteiger partial charge is 0.255 e. The maximum absolute atomic E-state index is 12.1. The molecule has 0 saturated carbocycles. The van der Waals surface area contributed by atoms with Crippen LogP contribution in [-0.2, 0) is 10.0 Å². The summed E-state index contributed by atoms with van der Waals surface area (Å²) in [5.74, 6) is -0.202. The Labute approximate surface area is 145 Å². The normalized spacial score (nSPS) is 21.1. The van der Waals surface area contributed by atoms with Gasteiger partial charge in [-0.15, -0.1) is 0 Å². The van der Waals surface area contributed by atoms with Crippen LogP contribution >= 0.6 is 15.9 Å². The van der Waals surface area contributed by atoms with Crippen molar-refractivity contribution in [3.8, 4) is 0 Å². The van der Waals surface area contributed by atoms with Gasteiger partial charge >= 0.3 is 0 Å². The third-order valence-electron chi connectivity index (χ3n) is 3.37. The predicted molar refractivity (Wildman–Crippen MR) is 94.6 cm³/mol. The van der Waals surface area contributed by atoms with Gasteiger partial charge in [-0.1, -0.05) is 46.3 Å². The second-order valence-electron chi connectivity index (χ2n) is 5.58. The number of halogens is 1. The summed E-state index contributed by atoms with van der Waals surface area (Å²) < 4.78 is 25.7. The Morgan fingerprint density at radius 1 is 1.26 bits per heavy atom. The minimum Gasteiger partial charge on any atom is -0.322 e. The van der Waals surface area contributed by atoms with E-state index >= 15 is 0 Å². The number of amides is 1. The molecule has 1 amide bonds. The number of hydrogen-bond donors (Lipinski definition) is 2. The van der Waals surface area contributed by atoms with Gasteiger partial charge in [0.05, 0.1) is 5.25 Å². The monoisotopic (exact) mass is 398 g/mol. The summed E-state index contributed by atoms with van der Waals surface area (Å²) >= 11 is 3.40. The van der Waals surface area contributed by atoms with E-state index in [1.165, 1.54) is 0 Å². The van der Waals surface area contributed by atoms with Crippen molar-refractivity contribution in [2.24, 2.45) is 0 Å². The SMILES string of the molecule is CC(C)S(=O)(=O)NC1(Br)C=CC(NC(=O)c2ccccc2)=CC1. The molecule has 23 heavy (non-hydrogen) atoms. The van der Waals surface area contributed by atoms with E-state index < -0.39 is 19.7 Å². The highest BCUT2D eigenvalue weighted by Gasteiger charge is 2.31. The Morgan fingerprint density at radius 3 is 2.43 bits per heavy atom. The summed E-state index contributed by atoms with van der Waals surface area (Å²) in [6.45, 7) is 3.24. The molecule has 0 aliphatic heterocycles. The lowest BCUT2D eigenvalue weighted by Gasteiger charge is -2.28. The van der Waals surface area contributed by atoms with Crippen molar-refractivity contribution in [1.29, 1.82) is 0 Å². The zero-order valence-corrected chi connectivity index (χ0v) is 15.3. The molecule has 5 nitrogen and oxygen atoms in total. The fraction of sp³-hybridized carbons (Fsp3) is 0.312. The summed E-state index contributed by atoms with van der Waals surface area (Å²) in [4.78, 5) is 12.1. The third kappa shape index (κ3) is 4.76. The Balaban J connectivity index is 2.02. The molecule has 0 spiro atoms. The van der Waals surface area contributed by atoms with Crippen LogP contribution in [0.5, 0.6) is 0 Å². The minimum absolute atomic E-state index is 0.202. The highest BCUT2D eigenvalue weighted by atomic mass is 79.9. The fourth-order valence-corrected chi connectivity index (χ4v) is 3.76. The number of alkyl halides is 1. The molecular weight excluding hydrogens is 380 g/mol. The number of allylic oxidation sites excluding steroid dienone is 1. The van der Waals surface area contributed by atoms with Gasteiger partial charge in [-0.3, -0.25) is 4.79 Å². The fourth-order valence-electron chi connectivity index (χ4n) is 1.93. The number of sulfonamides is 1. The van der Waals surface area contributed by atoms with Crippen LogP contribution in [0.25, 0.3) is 0 Å². The molecule has 0 heterocycles. The van der Waals surface area contributed by atoms with E-state index in [2.05, 4.69) is 26.0 Å². The van der Waals surface area contributed by atoms with Crippen LogP contribution in [0, 0.1) is 0 Å². The maximum atomic E-state index is 12.1. The van der Waals surface area contributed by atoms with Gasteiger partial charge in [0.25, 0.3) is 5.91 Å². The molecule has 1 unspecified atom stereocenters. The molecule has 0 aromatic heterocycles. The second-order valence-corrected chi connectivity index (χ2v) is 9.23. The molecule has 1 aliphatic carbocycles. The lowest BCUT2D eigenvalue weighted by Crippen LogP contribution is -2.45. The van der Waals surface area contributed by atoms with Gasteiger partial charge in [0.2, 0.25) is 10.0 Å². The van der Waals surface area contributed by atoms with Gasteiger partial charge in [-0.25, -0.2) is 8.42 Å².